The first kappa shape index (κ1) is 49.0. The maximum absolute atomic E-state index is 4.12. The molecular weight excluding hydrogens is 973 g/mol. The Morgan fingerprint density at radius 2 is 0.741 bits per heavy atom. The predicted molar refractivity (Wildman–Crippen MR) is 333 cm³/mol. The highest BCUT2D eigenvalue weighted by atomic mass is 14.5. The molecule has 9 aromatic carbocycles. The van der Waals surface area contributed by atoms with Crippen molar-refractivity contribution in [2.24, 2.45) is 5.41 Å². The zero-order valence-electron chi connectivity index (χ0n) is 47.5. The van der Waals surface area contributed by atoms with Crippen LogP contribution < -0.4 is 0 Å². The highest BCUT2D eigenvalue weighted by molar-refractivity contribution is 5.90. The molecule has 4 bridgehead atoms. The van der Waals surface area contributed by atoms with E-state index in [1.165, 1.54) is 106 Å². The molecule has 9 aromatic rings. The van der Waals surface area contributed by atoms with E-state index in [0.717, 1.165) is 33.4 Å². The highest BCUT2D eigenvalue weighted by Crippen LogP contribution is 2.61. The Kier molecular flexibility index (Phi) is 10.7. The first-order valence-electron chi connectivity index (χ1n) is 29.0. The van der Waals surface area contributed by atoms with Crippen molar-refractivity contribution in [1.82, 2.24) is 0 Å². The molecule has 8 aliphatic rings. The van der Waals surface area contributed by atoms with Crippen LogP contribution in [-0.4, -0.2) is 0 Å². The summed E-state index contributed by atoms with van der Waals surface area (Å²) >= 11 is 0. The van der Waals surface area contributed by atoms with E-state index in [1.54, 1.807) is 0 Å². The van der Waals surface area contributed by atoms with Crippen LogP contribution in [0.5, 0.6) is 0 Å². The molecule has 386 valence electrons. The van der Waals surface area contributed by atoms with E-state index in [1.807, 2.05) is 0 Å². The molecule has 0 fully saturated rings. The number of fused-ring (bicyclic) bond motifs is 2. The second-order valence-electron chi connectivity index (χ2n) is 25.5. The van der Waals surface area contributed by atoms with Crippen LogP contribution in [0.4, 0.5) is 0 Å². The second-order valence-corrected chi connectivity index (χ2v) is 25.5. The van der Waals surface area contributed by atoms with Crippen LogP contribution in [0.1, 0.15) is 182 Å². The molecule has 0 heteroatoms. The minimum Gasteiger partial charge on any atom is -0.0765 e. The Morgan fingerprint density at radius 3 is 1.07 bits per heavy atom. The van der Waals surface area contributed by atoms with Crippen molar-refractivity contribution in [3.63, 3.8) is 0 Å². The van der Waals surface area contributed by atoms with E-state index in [4.69, 9.17) is 0 Å². The van der Waals surface area contributed by atoms with Gasteiger partial charge in [0.25, 0.3) is 0 Å². The topological polar surface area (TPSA) is 0 Å². The normalized spacial score (nSPS) is 20.6. The van der Waals surface area contributed by atoms with Crippen LogP contribution in [0, 0.1) is 48.9 Å². The van der Waals surface area contributed by atoms with Crippen LogP contribution in [0.25, 0.3) is 5.57 Å². The molecule has 8 aliphatic carbocycles. The monoisotopic (exact) mass is 1040 g/mol. The lowest BCUT2D eigenvalue weighted by Gasteiger charge is -2.48. The van der Waals surface area contributed by atoms with Gasteiger partial charge < -0.3 is 0 Å². The minimum absolute atomic E-state index is 0.00220. The van der Waals surface area contributed by atoms with Gasteiger partial charge in [-0.1, -0.05) is 220 Å². The van der Waals surface area contributed by atoms with Gasteiger partial charge in [-0.25, -0.2) is 0 Å². The van der Waals surface area contributed by atoms with Crippen molar-refractivity contribution >= 4 is 5.57 Å². The van der Waals surface area contributed by atoms with Crippen LogP contribution >= 0.6 is 0 Å². The Balaban J connectivity index is 0.979. The zero-order chi connectivity index (χ0) is 55.2. The summed E-state index contributed by atoms with van der Waals surface area (Å²) in [6, 6.07) is 73.2. The average molecular weight is 1040 g/mol. The van der Waals surface area contributed by atoms with Gasteiger partial charge in [0.2, 0.25) is 0 Å². The van der Waals surface area contributed by atoms with Gasteiger partial charge in [-0.15, -0.1) is 0 Å². The fourth-order valence-electron chi connectivity index (χ4n) is 15.2. The van der Waals surface area contributed by atoms with Crippen LogP contribution in [0.15, 0.2) is 230 Å². The molecule has 0 radical (unpaired) electrons. The largest absolute Gasteiger partial charge is 0.126 e. The fraction of sp³-hybridized carbons (Fsp3) is 0.185. The Labute approximate surface area is 479 Å². The summed E-state index contributed by atoms with van der Waals surface area (Å²) in [6.45, 7) is 18.4. The van der Waals surface area contributed by atoms with E-state index in [0.29, 0.717) is 0 Å². The summed E-state index contributed by atoms with van der Waals surface area (Å²) < 4.78 is 0. The quantitative estimate of drug-likeness (QED) is 0.0873. The molecule has 0 unspecified atom stereocenters. The number of hydrogen-bond donors (Lipinski definition) is 0. The maximum atomic E-state index is 4.12. The molecule has 0 aliphatic heterocycles. The average Bonchev–Trinajstić information content (AvgIpc) is 2.16. The molecule has 0 amide bonds. The number of hydrogen-bond acceptors (Lipinski definition) is 0. The third-order valence-electron chi connectivity index (χ3n) is 18.9. The standard InChI is InChI=1S/C81H63/c1-50-45-56(79(6,7)8)46-51(2)74(50)77-57-39-35-53(41-43-80-68-27-15-9-21-59(68)75(60-22-10-16-28-69(60)80)61-23-11-17-29-70(61)80)48-65(57)67(47-52-33-37-55(38-34-52)78(3,4)5)66-49-54(36-40-58(66)77)42-44-81-71-30-18-12-24-62(71)76(63-25-13-19-31-72(63)81)64-26-14-20-32-73(64)81/h9-40,45-46,48-49,75-77H,1-8H3/q+1. The zero-order valence-corrected chi connectivity index (χ0v) is 47.5. The van der Waals surface area contributed by atoms with E-state index >= 15 is 0 Å². The van der Waals surface area contributed by atoms with Gasteiger partial charge in [0, 0.05) is 39.9 Å². The van der Waals surface area contributed by atoms with Gasteiger partial charge in [0.05, 0.1) is 30.2 Å². The van der Waals surface area contributed by atoms with Crippen molar-refractivity contribution in [3.8, 4) is 23.7 Å². The van der Waals surface area contributed by atoms with Crippen molar-refractivity contribution in [2.45, 2.75) is 89.4 Å². The van der Waals surface area contributed by atoms with Crippen molar-refractivity contribution in [1.29, 1.82) is 0 Å². The van der Waals surface area contributed by atoms with Crippen molar-refractivity contribution in [3.05, 3.63) is 358 Å². The molecule has 0 aromatic heterocycles. The maximum Gasteiger partial charge on any atom is 0.126 e. The van der Waals surface area contributed by atoms with E-state index in [2.05, 4.69) is 303 Å². The lowest BCUT2D eigenvalue weighted by molar-refractivity contribution is 0.473. The van der Waals surface area contributed by atoms with Gasteiger partial charge >= 0.3 is 0 Å². The minimum atomic E-state index is -0.640. The summed E-state index contributed by atoms with van der Waals surface area (Å²) in [5, 5.41) is 0. The molecule has 0 saturated heterocycles. The molecular formula is C81H63+. The molecule has 17 rings (SSSR count). The first-order chi connectivity index (χ1) is 39.2. The summed E-state index contributed by atoms with van der Waals surface area (Å²) in [6.07, 6.45) is 9.06. The van der Waals surface area contributed by atoms with Crippen LogP contribution in [0.3, 0.4) is 0 Å². The fourth-order valence-corrected chi connectivity index (χ4v) is 15.2. The molecule has 81 heavy (non-hydrogen) atoms. The van der Waals surface area contributed by atoms with Crippen molar-refractivity contribution in [2.75, 3.05) is 0 Å². The smallest absolute Gasteiger partial charge is 0.0765 e. The second kappa shape index (κ2) is 17.7. The van der Waals surface area contributed by atoms with E-state index in [9.17, 15) is 0 Å². The Hall–Kier alpha value is -9.03. The van der Waals surface area contributed by atoms with Gasteiger partial charge in [0.15, 0.2) is 0 Å². The lowest BCUT2D eigenvalue weighted by atomic mass is 9.53. The number of allylic oxidation sites excluding steroid dienone is 5. The third kappa shape index (κ3) is 7.17. The Bertz CT molecular complexity index is 3980. The number of benzene rings is 9. The molecule has 0 spiro atoms. The first-order valence-corrected chi connectivity index (χ1v) is 29.0. The van der Waals surface area contributed by atoms with Gasteiger partial charge in [-0.3, -0.25) is 0 Å². The highest BCUT2D eigenvalue weighted by Gasteiger charge is 2.52. The molecule has 0 saturated carbocycles. The molecule has 0 heterocycles. The SMILES string of the molecule is Cc1cc(C(C)(C)C)cc(C)c1C1c2ccc(C#CC34c5ccccc5C(c5ccccc53)c3ccccc34)cc2C(=C=C2C=C[C+](C(C)(C)C)C=C2)c2cc(C#CC34c5ccccc5C(c5ccccc53)c3ccccc34)ccc21. The number of aryl methyl sites for hydroxylation is 2. The van der Waals surface area contributed by atoms with Crippen LogP contribution in [0.2, 0.25) is 0 Å². The molecule has 0 N–H and O–H groups in total. The molecule has 0 nitrogen and oxygen atoms in total. The third-order valence-corrected chi connectivity index (χ3v) is 18.9. The summed E-state index contributed by atoms with van der Waals surface area (Å²) in [4.78, 5) is 0. The van der Waals surface area contributed by atoms with Gasteiger partial charge in [-0.2, -0.15) is 0 Å². The molecule has 0 atom stereocenters. The summed E-state index contributed by atoms with van der Waals surface area (Å²) in [5.74, 6) is 17.6. The van der Waals surface area contributed by atoms with Crippen LogP contribution in [-0.2, 0) is 16.2 Å². The van der Waals surface area contributed by atoms with E-state index in [-0.39, 0.29) is 28.6 Å². The summed E-state index contributed by atoms with van der Waals surface area (Å²) in [5.41, 5.74) is 32.8. The lowest BCUT2D eigenvalue weighted by Crippen LogP contribution is -2.41. The van der Waals surface area contributed by atoms with E-state index < -0.39 is 10.8 Å². The van der Waals surface area contributed by atoms with Gasteiger partial charge in [-0.05, 0) is 176 Å². The summed E-state index contributed by atoms with van der Waals surface area (Å²) in [7, 11) is 0. The van der Waals surface area contributed by atoms with Crippen molar-refractivity contribution < 1.29 is 0 Å². The predicted octanol–water partition coefficient (Wildman–Crippen LogP) is 18.2. The number of rotatable bonds is 1. The van der Waals surface area contributed by atoms with Gasteiger partial charge in [0.1, 0.15) is 16.4 Å². The Morgan fingerprint density at radius 1 is 0.395 bits per heavy atom.